The highest BCUT2D eigenvalue weighted by Gasteiger charge is 2.27. The number of nitrogens with one attached hydrogen (secondary N) is 2. The van der Waals surface area contributed by atoms with Crippen LogP contribution in [0, 0.1) is 5.41 Å². The number of benzene rings is 2. The van der Waals surface area contributed by atoms with Crippen molar-refractivity contribution < 1.29 is 23.8 Å². The molecule has 2 aromatic carbocycles. The lowest BCUT2D eigenvalue weighted by Gasteiger charge is -2.24. The number of anilines is 1. The summed E-state index contributed by atoms with van der Waals surface area (Å²) in [5, 5.41) is 6.18. The standard InChI is InChI=1S/C25H32N2O5/c1-25(2,3)24(29)32-19(15-26-13-12-17-8-10-18(30-4)11-9-17)16-31-22-7-5-6-21-20(22)14-23(28)27-21/h5-11,19,26H,12-16H2,1-4H3,(H,27,28). The van der Waals surface area contributed by atoms with Crippen LogP contribution in [0.15, 0.2) is 42.5 Å². The molecule has 7 heteroatoms. The molecule has 1 aliphatic heterocycles. The quantitative estimate of drug-likeness (QED) is 0.435. The van der Waals surface area contributed by atoms with E-state index in [0.717, 1.165) is 30.0 Å². The van der Waals surface area contributed by atoms with Crippen molar-refractivity contribution in [1.82, 2.24) is 5.32 Å². The molecule has 1 atom stereocenters. The van der Waals surface area contributed by atoms with Crippen LogP contribution in [0.3, 0.4) is 0 Å². The van der Waals surface area contributed by atoms with E-state index in [4.69, 9.17) is 14.2 Å². The zero-order valence-electron chi connectivity index (χ0n) is 19.2. The maximum atomic E-state index is 12.5. The third-order valence-corrected chi connectivity index (χ3v) is 5.18. The minimum absolute atomic E-state index is 0.0491. The smallest absolute Gasteiger partial charge is 0.311 e. The van der Waals surface area contributed by atoms with Gasteiger partial charge in [-0.15, -0.1) is 0 Å². The van der Waals surface area contributed by atoms with Gasteiger partial charge >= 0.3 is 5.97 Å². The molecule has 0 aromatic heterocycles. The Kier molecular flexibility index (Phi) is 7.75. The summed E-state index contributed by atoms with van der Waals surface area (Å²) >= 11 is 0. The monoisotopic (exact) mass is 440 g/mol. The van der Waals surface area contributed by atoms with Crippen molar-refractivity contribution in [3.05, 3.63) is 53.6 Å². The van der Waals surface area contributed by atoms with E-state index in [-0.39, 0.29) is 24.9 Å². The summed E-state index contributed by atoms with van der Waals surface area (Å²) in [6.45, 7) is 6.87. The van der Waals surface area contributed by atoms with Crippen LogP contribution in [0.25, 0.3) is 0 Å². The van der Waals surface area contributed by atoms with Gasteiger partial charge in [-0.25, -0.2) is 0 Å². The zero-order chi connectivity index (χ0) is 23.1. The SMILES string of the molecule is COc1ccc(CCNCC(COc2cccc3c2CC(=O)N3)OC(=O)C(C)(C)C)cc1. The Bertz CT molecular complexity index is 934. The molecular formula is C25H32N2O5. The highest BCUT2D eigenvalue weighted by atomic mass is 16.6. The van der Waals surface area contributed by atoms with Gasteiger partial charge in [0.1, 0.15) is 24.2 Å². The Morgan fingerprint density at radius 3 is 2.59 bits per heavy atom. The normalized spacial score (nSPS) is 13.8. The zero-order valence-corrected chi connectivity index (χ0v) is 19.2. The van der Waals surface area contributed by atoms with Crippen LogP contribution in [-0.2, 0) is 27.2 Å². The van der Waals surface area contributed by atoms with E-state index < -0.39 is 11.5 Å². The second-order valence-corrected chi connectivity index (χ2v) is 8.90. The third kappa shape index (κ3) is 6.47. The largest absolute Gasteiger partial charge is 0.497 e. The molecule has 0 fully saturated rings. The molecule has 1 unspecified atom stereocenters. The first-order valence-electron chi connectivity index (χ1n) is 10.9. The topological polar surface area (TPSA) is 85.9 Å². The fourth-order valence-electron chi connectivity index (χ4n) is 3.29. The van der Waals surface area contributed by atoms with Crippen LogP contribution in [-0.4, -0.2) is 44.8 Å². The molecule has 7 nitrogen and oxygen atoms in total. The average molecular weight is 441 g/mol. The first kappa shape index (κ1) is 23.6. The van der Waals surface area contributed by atoms with Crippen LogP contribution < -0.4 is 20.1 Å². The molecule has 0 bridgehead atoms. The van der Waals surface area contributed by atoms with Crippen LogP contribution >= 0.6 is 0 Å². The van der Waals surface area contributed by atoms with Crippen LogP contribution in [0.4, 0.5) is 5.69 Å². The van der Waals surface area contributed by atoms with Crippen molar-refractivity contribution in [1.29, 1.82) is 0 Å². The summed E-state index contributed by atoms with van der Waals surface area (Å²) in [5.41, 5.74) is 2.19. The maximum absolute atomic E-state index is 12.5. The molecule has 0 radical (unpaired) electrons. The molecule has 1 aliphatic rings. The van der Waals surface area contributed by atoms with Gasteiger partial charge in [-0.1, -0.05) is 18.2 Å². The van der Waals surface area contributed by atoms with Crippen molar-refractivity contribution >= 4 is 17.6 Å². The predicted octanol–water partition coefficient (Wildman–Crippen LogP) is 3.36. The number of fused-ring (bicyclic) bond motifs is 1. The predicted molar refractivity (Wildman–Crippen MR) is 123 cm³/mol. The first-order chi connectivity index (χ1) is 15.3. The fourth-order valence-corrected chi connectivity index (χ4v) is 3.29. The molecule has 0 saturated heterocycles. The highest BCUT2D eigenvalue weighted by molar-refractivity contribution is 6.00. The van der Waals surface area contributed by atoms with E-state index in [2.05, 4.69) is 10.6 Å². The number of ether oxygens (including phenoxy) is 3. The van der Waals surface area contributed by atoms with E-state index in [1.807, 2.05) is 63.2 Å². The Balaban J connectivity index is 1.56. The van der Waals surface area contributed by atoms with E-state index in [1.165, 1.54) is 5.56 Å². The molecule has 1 amide bonds. The van der Waals surface area contributed by atoms with Crippen molar-refractivity contribution in [2.24, 2.45) is 5.41 Å². The number of rotatable bonds is 10. The Morgan fingerprint density at radius 1 is 1.16 bits per heavy atom. The summed E-state index contributed by atoms with van der Waals surface area (Å²) < 4.78 is 16.9. The van der Waals surface area contributed by atoms with Crippen LogP contribution in [0.1, 0.15) is 31.9 Å². The Morgan fingerprint density at radius 2 is 1.91 bits per heavy atom. The lowest BCUT2D eigenvalue weighted by atomic mass is 9.97. The summed E-state index contributed by atoms with van der Waals surface area (Å²) in [6, 6.07) is 13.5. The Hall–Kier alpha value is -3.06. The molecule has 0 aliphatic carbocycles. The average Bonchev–Trinajstić information content (AvgIpc) is 3.15. The van der Waals surface area contributed by atoms with Crippen molar-refractivity contribution in [2.75, 3.05) is 32.1 Å². The van der Waals surface area contributed by atoms with Gasteiger partial charge in [-0.3, -0.25) is 9.59 Å². The first-order valence-corrected chi connectivity index (χ1v) is 10.9. The van der Waals surface area contributed by atoms with Crippen molar-refractivity contribution in [3.63, 3.8) is 0 Å². The number of carbonyl (C=O) groups excluding carboxylic acids is 2. The summed E-state index contributed by atoms with van der Waals surface area (Å²) in [7, 11) is 1.65. The van der Waals surface area contributed by atoms with Gasteiger partial charge in [0.15, 0.2) is 0 Å². The van der Waals surface area contributed by atoms with Gasteiger partial charge in [0.25, 0.3) is 0 Å². The minimum atomic E-state index is -0.605. The van der Waals surface area contributed by atoms with Crippen molar-refractivity contribution in [3.8, 4) is 11.5 Å². The molecule has 0 spiro atoms. The third-order valence-electron chi connectivity index (χ3n) is 5.18. The molecule has 3 rings (SSSR count). The molecule has 2 aromatic rings. The summed E-state index contributed by atoms with van der Waals surface area (Å²) in [6.07, 6.45) is 0.668. The highest BCUT2D eigenvalue weighted by Crippen LogP contribution is 2.31. The Labute approximate surface area is 189 Å². The fraction of sp³-hybridized carbons (Fsp3) is 0.440. The molecular weight excluding hydrogens is 408 g/mol. The maximum Gasteiger partial charge on any atom is 0.311 e. The van der Waals surface area contributed by atoms with Gasteiger partial charge in [-0.2, -0.15) is 0 Å². The number of esters is 1. The lowest BCUT2D eigenvalue weighted by molar-refractivity contribution is -0.159. The van der Waals surface area contributed by atoms with Gasteiger partial charge < -0.3 is 24.8 Å². The van der Waals surface area contributed by atoms with Gasteiger partial charge in [0.05, 0.1) is 18.9 Å². The molecule has 32 heavy (non-hydrogen) atoms. The molecule has 1 heterocycles. The molecule has 172 valence electrons. The number of amides is 1. The van der Waals surface area contributed by atoms with E-state index in [0.29, 0.717) is 12.3 Å². The second-order valence-electron chi connectivity index (χ2n) is 8.90. The van der Waals surface area contributed by atoms with Crippen molar-refractivity contribution in [2.45, 2.75) is 39.7 Å². The summed E-state index contributed by atoms with van der Waals surface area (Å²) in [5.74, 6) is 1.14. The number of methoxy groups -OCH3 is 1. The van der Waals surface area contributed by atoms with Gasteiger partial charge in [-0.05, 0) is 63.6 Å². The number of carbonyl (C=O) groups is 2. The van der Waals surface area contributed by atoms with Gasteiger partial charge in [0, 0.05) is 17.8 Å². The minimum Gasteiger partial charge on any atom is -0.497 e. The van der Waals surface area contributed by atoms with Crippen LogP contribution in [0.2, 0.25) is 0 Å². The van der Waals surface area contributed by atoms with E-state index >= 15 is 0 Å². The van der Waals surface area contributed by atoms with E-state index in [9.17, 15) is 9.59 Å². The van der Waals surface area contributed by atoms with E-state index in [1.54, 1.807) is 7.11 Å². The van der Waals surface area contributed by atoms with Gasteiger partial charge in [0.2, 0.25) is 5.91 Å². The second kappa shape index (κ2) is 10.5. The number of hydrogen-bond acceptors (Lipinski definition) is 6. The van der Waals surface area contributed by atoms with Crippen LogP contribution in [0.5, 0.6) is 11.5 Å². The molecule has 0 saturated carbocycles. The lowest BCUT2D eigenvalue weighted by Crippen LogP contribution is -2.39. The molecule has 2 N–H and O–H groups in total. The summed E-state index contributed by atoms with van der Waals surface area (Å²) in [4.78, 5) is 24.2. The number of hydrogen-bond donors (Lipinski definition) is 2.